The van der Waals surface area contributed by atoms with E-state index < -0.39 is 11.9 Å². The predicted molar refractivity (Wildman–Crippen MR) is 215 cm³/mol. The Kier molecular flexibility index (Phi) is 13.2. The number of hydrogen-bond acceptors (Lipinski definition) is 9. The average molecular weight is 857 g/mol. The highest BCUT2D eigenvalue weighted by Crippen LogP contribution is 2.40. The molecule has 58 heavy (non-hydrogen) atoms. The Hall–Kier alpha value is -6.54. The number of aromatic carboxylic acids is 2. The van der Waals surface area contributed by atoms with E-state index in [1.54, 1.807) is 48.5 Å². The second kappa shape index (κ2) is 18.6. The molecule has 12 nitrogen and oxygen atoms in total. The molecular formula is C42H26Cl4N4O8. The van der Waals surface area contributed by atoms with E-state index in [2.05, 4.69) is 14.8 Å². The van der Waals surface area contributed by atoms with Gasteiger partial charge in [-0.2, -0.15) is 5.26 Å². The molecule has 0 bridgehead atoms. The molecule has 0 amide bonds. The molecule has 290 valence electrons. The largest absolute Gasteiger partial charge is 0.488 e. The summed E-state index contributed by atoms with van der Waals surface area (Å²) in [5, 5.41) is 29.5. The number of ether oxygens (including phenoxy) is 4. The second-order valence-corrected chi connectivity index (χ2v) is 13.8. The molecule has 0 radical (unpaired) electrons. The van der Waals surface area contributed by atoms with Gasteiger partial charge in [0.05, 0.1) is 32.2 Å². The van der Waals surface area contributed by atoms with Crippen molar-refractivity contribution in [3.05, 3.63) is 168 Å². The van der Waals surface area contributed by atoms with Crippen molar-refractivity contribution in [2.24, 2.45) is 0 Å². The molecule has 6 aromatic rings. The van der Waals surface area contributed by atoms with Crippen LogP contribution in [0.4, 0.5) is 5.69 Å². The second-order valence-electron chi connectivity index (χ2n) is 12.2. The number of halogens is 4. The lowest BCUT2D eigenvalue weighted by Crippen LogP contribution is -2.06. The lowest BCUT2D eigenvalue weighted by atomic mass is 10.0. The van der Waals surface area contributed by atoms with Gasteiger partial charge in [-0.1, -0.05) is 82.8 Å². The Balaban J connectivity index is 1.18. The Labute approximate surface area is 351 Å². The van der Waals surface area contributed by atoms with Crippen molar-refractivity contribution in [1.82, 2.24) is 9.97 Å². The summed E-state index contributed by atoms with van der Waals surface area (Å²) in [5.41, 5.74) is 3.66. The Morgan fingerprint density at radius 1 is 0.638 bits per heavy atom. The van der Waals surface area contributed by atoms with Crippen molar-refractivity contribution in [3.63, 3.8) is 0 Å². The van der Waals surface area contributed by atoms with Crippen LogP contribution in [0.25, 0.3) is 16.0 Å². The number of carboxylic acids is 2. The normalized spacial score (nSPS) is 10.6. The standard InChI is InChI=1S/C42H26Cl4N4O8/c1-48-28-9-25(17-50-18-28)20-56-36-13-38(34(44)11-32(36)42(53)54)58-22-27-5-3-7-30(40(27)46)29-6-2-4-26(39(29)45)21-57-37-12-35(31(41(51)52)10-33(37)43)55-19-24-8-23(14-47)15-49-16-24/h2-13,15-18H,19-22H2,(H,51,52)(H,53,54). The van der Waals surface area contributed by atoms with Crippen LogP contribution in [0.3, 0.4) is 0 Å². The highest BCUT2D eigenvalue weighted by molar-refractivity contribution is 6.37. The Bertz CT molecular complexity index is 2460. The van der Waals surface area contributed by atoms with Gasteiger partial charge in [-0.15, -0.1) is 0 Å². The van der Waals surface area contributed by atoms with Gasteiger partial charge < -0.3 is 29.2 Å². The number of nitriles is 1. The summed E-state index contributed by atoms with van der Waals surface area (Å²) < 4.78 is 23.7. The number of carboxylic acid groups (broad SMARTS) is 2. The van der Waals surface area contributed by atoms with Gasteiger partial charge in [-0.25, -0.2) is 14.4 Å². The van der Waals surface area contributed by atoms with Crippen molar-refractivity contribution in [2.45, 2.75) is 26.4 Å². The summed E-state index contributed by atoms with van der Waals surface area (Å²) in [6.45, 7) is 6.93. The van der Waals surface area contributed by atoms with Crippen molar-refractivity contribution in [3.8, 4) is 40.2 Å². The summed E-state index contributed by atoms with van der Waals surface area (Å²) >= 11 is 26.7. The van der Waals surface area contributed by atoms with Crippen LogP contribution < -0.4 is 18.9 Å². The molecule has 6 rings (SSSR count). The molecule has 0 saturated heterocycles. The predicted octanol–water partition coefficient (Wildman–Crippen LogP) is 10.9. The fourth-order valence-electron chi connectivity index (χ4n) is 5.54. The first-order valence-corrected chi connectivity index (χ1v) is 18.3. The molecule has 2 N–H and O–H groups in total. The minimum atomic E-state index is -1.26. The lowest BCUT2D eigenvalue weighted by molar-refractivity contribution is 0.0680. The molecule has 16 heteroatoms. The first-order valence-electron chi connectivity index (χ1n) is 16.8. The number of nitrogens with zero attached hydrogens (tertiary/aromatic N) is 4. The van der Waals surface area contributed by atoms with Crippen LogP contribution in [0, 0.1) is 17.9 Å². The van der Waals surface area contributed by atoms with E-state index in [4.69, 9.17) is 71.9 Å². The van der Waals surface area contributed by atoms with Gasteiger partial charge in [0, 0.05) is 64.7 Å². The van der Waals surface area contributed by atoms with Crippen LogP contribution in [0.1, 0.15) is 48.5 Å². The molecular weight excluding hydrogens is 830 g/mol. The van der Waals surface area contributed by atoms with Crippen molar-refractivity contribution >= 4 is 64.0 Å². The van der Waals surface area contributed by atoms with Crippen molar-refractivity contribution in [2.75, 3.05) is 0 Å². The maximum Gasteiger partial charge on any atom is 0.339 e. The number of benzene rings is 4. The third-order valence-electron chi connectivity index (χ3n) is 8.37. The summed E-state index contributed by atoms with van der Waals surface area (Å²) in [5.74, 6) is -2.26. The minimum Gasteiger partial charge on any atom is -0.488 e. The zero-order valence-corrected chi connectivity index (χ0v) is 32.7. The average Bonchev–Trinajstić information content (AvgIpc) is 3.22. The van der Waals surface area contributed by atoms with Crippen LogP contribution in [-0.2, 0) is 26.4 Å². The van der Waals surface area contributed by atoms with Gasteiger partial charge in [0.2, 0.25) is 5.69 Å². The number of carbonyl (C=O) groups is 2. The zero-order valence-electron chi connectivity index (χ0n) is 29.7. The first-order chi connectivity index (χ1) is 27.9. The molecule has 0 aliphatic heterocycles. The molecule has 0 atom stereocenters. The maximum atomic E-state index is 12.0. The van der Waals surface area contributed by atoms with Crippen molar-refractivity contribution in [1.29, 1.82) is 5.26 Å². The van der Waals surface area contributed by atoms with Crippen LogP contribution in [0.5, 0.6) is 23.0 Å². The smallest absolute Gasteiger partial charge is 0.339 e. The molecule has 0 saturated carbocycles. The van der Waals surface area contributed by atoms with E-state index in [1.165, 1.54) is 49.1 Å². The summed E-state index contributed by atoms with van der Waals surface area (Å²) in [7, 11) is 0. The minimum absolute atomic E-state index is 0.00603. The van der Waals surface area contributed by atoms with Crippen LogP contribution in [0.15, 0.2) is 97.6 Å². The molecule has 0 spiro atoms. The highest BCUT2D eigenvalue weighted by atomic mass is 35.5. The molecule has 2 heterocycles. The van der Waals surface area contributed by atoms with Crippen LogP contribution in [0.2, 0.25) is 20.1 Å². The molecule has 0 fully saturated rings. The van der Waals surface area contributed by atoms with E-state index in [-0.39, 0.29) is 70.6 Å². The van der Waals surface area contributed by atoms with Gasteiger partial charge in [-0.05, 0) is 29.8 Å². The summed E-state index contributed by atoms with van der Waals surface area (Å²) in [6, 6.07) is 20.9. The Morgan fingerprint density at radius 3 is 1.57 bits per heavy atom. The van der Waals surface area contributed by atoms with Gasteiger partial charge in [0.1, 0.15) is 66.6 Å². The SMILES string of the molecule is [C-]#[N+]c1cncc(COc2cc(OCc3cccc(-c4cccc(COc5cc(OCc6cncc(C#N)c6)c(C(=O)O)cc5Cl)c4Cl)c3Cl)c(Cl)cc2C(=O)O)c1. The lowest BCUT2D eigenvalue weighted by Gasteiger charge is -2.17. The first kappa shape index (κ1) is 41.1. The van der Waals surface area contributed by atoms with Crippen molar-refractivity contribution < 1.29 is 38.7 Å². The molecule has 4 aromatic carbocycles. The molecule has 0 aliphatic carbocycles. The number of hydrogen-bond donors (Lipinski definition) is 2. The summed E-state index contributed by atoms with van der Waals surface area (Å²) in [4.78, 5) is 35.3. The topological polar surface area (TPSA) is 165 Å². The third kappa shape index (κ3) is 9.69. The molecule has 0 unspecified atom stereocenters. The van der Waals surface area contributed by atoms with Gasteiger partial charge >= 0.3 is 11.9 Å². The van der Waals surface area contributed by atoms with E-state index in [1.807, 2.05) is 6.07 Å². The van der Waals surface area contributed by atoms with Gasteiger partial charge in [-0.3, -0.25) is 9.97 Å². The number of rotatable bonds is 15. The quantitative estimate of drug-likeness (QED) is 0.0944. The van der Waals surface area contributed by atoms with Gasteiger partial charge in [0.25, 0.3) is 0 Å². The molecule has 2 aromatic heterocycles. The monoisotopic (exact) mass is 854 g/mol. The van der Waals surface area contributed by atoms with Crippen LogP contribution >= 0.6 is 46.4 Å². The number of aromatic nitrogens is 2. The fourth-order valence-corrected chi connectivity index (χ4v) is 6.54. The van der Waals surface area contributed by atoms with E-state index in [0.717, 1.165) is 0 Å². The highest BCUT2D eigenvalue weighted by Gasteiger charge is 2.21. The van der Waals surface area contributed by atoms with E-state index >= 15 is 0 Å². The zero-order chi connectivity index (χ0) is 41.3. The number of pyridine rings is 2. The fraction of sp³-hybridized carbons (Fsp3) is 0.0952. The maximum absolute atomic E-state index is 12.0. The van der Waals surface area contributed by atoms with Gasteiger partial charge in [0.15, 0.2) is 0 Å². The summed E-state index contributed by atoms with van der Waals surface area (Å²) in [6.07, 6.45) is 5.82. The van der Waals surface area contributed by atoms with E-state index in [0.29, 0.717) is 54.7 Å². The Morgan fingerprint density at radius 2 is 1.10 bits per heavy atom. The van der Waals surface area contributed by atoms with Crippen LogP contribution in [-0.4, -0.2) is 32.1 Å². The molecule has 0 aliphatic rings. The third-order valence-corrected chi connectivity index (χ3v) is 9.85. The van der Waals surface area contributed by atoms with E-state index in [9.17, 15) is 25.1 Å².